The maximum atomic E-state index is 15.0. The van der Waals surface area contributed by atoms with E-state index in [1.54, 1.807) is 29.2 Å². The number of carbonyl (C=O) groups excluding carboxylic acids is 3. The summed E-state index contributed by atoms with van der Waals surface area (Å²) in [5.74, 6) is -1.86. The van der Waals surface area contributed by atoms with Gasteiger partial charge in [0.15, 0.2) is 15.1 Å². The number of carbonyl (C=O) groups is 3. The van der Waals surface area contributed by atoms with E-state index in [1.165, 1.54) is 12.1 Å². The molecular formula is C25H25FN4O5S2. The van der Waals surface area contributed by atoms with Crippen LogP contribution in [0.4, 0.5) is 4.39 Å². The molecule has 0 bridgehead atoms. The van der Waals surface area contributed by atoms with Gasteiger partial charge in [0, 0.05) is 36.5 Å². The second kappa shape index (κ2) is 9.82. The highest BCUT2D eigenvalue weighted by Crippen LogP contribution is 2.35. The second-order valence-corrected chi connectivity index (χ2v) is 12.5. The molecule has 2 aliphatic rings. The van der Waals surface area contributed by atoms with E-state index in [0.29, 0.717) is 21.3 Å². The predicted molar refractivity (Wildman–Crippen MR) is 137 cm³/mol. The Kier molecular flexibility index (Phi) is 6.71. The molecule has 2 aromatic carbocycles. The fourth-order valence-electron chi connectivity index (χ4n) is 4.05. The van der Waals surface area contributed by atoms with Crippen LogP contribution in [0.25, 0.3) is 21.3 Å². The van der Waals surface area contributed by atoms with Crippen LogP contribution >= 0.6 is 11.3 Å². The molecule has 1 aliphatic heterocycles. The largest absolute Gasteiger partial charge is 0.352 e. The number of hydrogen-bond donors (Lipinski definition) is 2. The van der Waals surface area contributed by atoms with Crippen LogP contribution in [-0.4, -0.2) is 68.0 Å². The Morgan fingerprint density at radius 2 is 1.86 bits per heavy atom. The minimum Gasteiger partial charge on any atom is -0.352 e. The van der Waals surface area contributed by atoms with Crippen molar-refractivity contribution in [3.8, 4) is 11.1 Å². The van der Waals surface area contributed by atoms with Crippen LogP contribution in [0.3, 0.4) is 0 Å². The van der Waals surface area contributed by atoms with Gasteiger partial charge in [0.25, 0.3) is 5.91 Å². The number of likely N-dealkylation sites (tertiary alicyclic amines) is 1. The Hall–Kier alpha value is -3.38. The lowest BCUT2D eigenvalue weighted by Gasteiger charge is -2.30. The van der Waals surface area contributed by atoms with Crippen LogP contribution in [0.1, 0.15) is 39.9 Å². The Bertz CT molecular complexity index is 1500. The van der Waals surface area contributed by atoms with Crippen molar-refractivity contribution >= 4 is 49.1 Å². The van der Waals surface area contributed by atoms with Crippen molar-refractivity contribution < 1.29 is 27.2 Å². The topological polar surface area (TPSA) is 126 Å². The van der Waals surface area contributed by atoms with E-state index in [2.05, 4.69) is 15.6 Å². The lowest BCUT2D eigenvalue weighted by molar-refractivity contribution is -0.126. The summed E-state index contributed by atoms with van der Waals surface area (Å²) in [6.45, 7) is 1.12. The van der Waals surface area contributed by atoms with Crippen molar-refractivity contribution in [3.63, 3.8) is 0 Å². The van der Waals surface area contributed by atoms with Crippen molar-refractivity contribution in [1.29, 1.82) is 0 Å². The van der Waals surface area contributed by atoms with Crippen molar-refractivity contribution in [2.24, 2.45) is 0 Å². The first-order valence-corrected chi connectivity index (χ1v) is 14.6. The third-order valence-corrected chi connectivity index (χ3v) is 8.86. The van der Waals surface area contributed by atoms with Crippen molar-refractivity contribution in [1.82, 2.24) is 20.5 Å². The molecule has 1 aromatic heterocycles. The lowest BCUT2D eigenvalue weighted by Crippen LogP contribution is -2.41. The third kappa shape index (κ3) is 5.49. The van der Waals surface area contributed by atoms with Crippen molar-refractivity contribution in [2.45, 2.75) is 30.6 Å². The van der Waals surface area contributed by atoms with E-state index >= 15 is 4.39 Å². The molecule has 37 heavy (non-hydrogen) atoms. The van der Waals surface area contributed by atoms with E-state index in [9.17, 15) is 22.8 Å². The number of nitrogens with one attached hydrogen (secondary N) is 2. The molecule has 1 saturated carbocycles. The zero-order valence-electron chi connectivity index (χ0n) is 20.0. The highest BCUT2D eigenvalue weighted by molar-refractivity contribution is 7.91. The number of sulfone groups is 1. The summed E-state index contributed by atoms with van der Waals surface area (Å²) in [5, 5.41) is 3.46. The Balaban J connectivity index is 1.39. The Morgan fingerprint density at radius 3 is 2.46 bits per heavy atom. The van der Waals surface area contributed by atoms with Gasteiger partial charge in [-0.25, -0.2) is 17.8 Å². The molecular weight excluding hydrogens is 519 g/mol. The number of aromatic nitrogens is 1. The molecule has 1 unspecified atom stereocenters. The lowest BCUT2D eigenvalue weighted by atomic mass is 10.0. The summed E-state index contributed by atoms with van der Waals surface area (Å²) in [6.07, 6.45) is 3.68. The van der Waals surface area contributed by atoms with Crippen LogP contribution in [0.15, 0.2) is 36.4 Å². The maximum absolute atomic E-state index is 15.0. The van der Waals surface area contributed by atoms with Gasteiger partial charge in [0.2, 0.25) is 11.8 Å². The molecule has 2 heterocycles. The molecule has 1 saturated heterocycles. The number of benzene rings is 2. The van der Waals surface area contributed by atoms with Crippen molar-refractivity contribution in [2.75, 3.05) is 25.9 Å². The van der Waals surface area contributed by atoms with Gasteiger partial charge in [0.05, 0.1) is 16.8 Å². The van der Waals surface area contributed by atoms with Crippen LogP contribution in [0.5, 0.6) is 0 Å². The quantitative estimate of drug-likeness (QED) is 0.449. The molecule has 1 atom stereocenters. The van der Waals surface area contributed by atoms with Gasteiger partial charge in [0.1, 0.15) is 10.8 Å². The molecule has 0 spiro atoms. The highest BCUT2D eigenvalue weighted by atomic mass is 32.2. The number of amides is 3. The fourth-order valence-corrected chi connectivity index (χ4v) is 6.57. The third-order valence-electron chi connectivity index (χ3n) is 6.34. The minimum atomic E-state index is -3.94. The number of rotatable bonds is 8. The SMILES string of the molecule is CS(=O)(=O)C(C(=O)NCC(=O)NC1CC1)c1nc2cc(-c3ccc(C(=O)N4CCC4)cc3)c(F)cc2s1. The Morgan fingerprint density at radius 1 is 1.16 bits per heavy atom. The number of hydrogen-bond acceptors (Lipinski definition) is 7. The fraction of sp³-hybridized carbons (Fsp3) is 0.360. The normalized spacial score (nSPS) is 16.2. The molecule has 2 fully saturated rings. The monoisotopic (exact) mass is 544 g/mol. The number of halogens is 1. The predicted octanol–water partition coefficient (Wildman–Crippen LogP) is 2.43. The van der Waals surface area contributed by atoms with Gasteiger partial charge in [-0.15, -0.1) is 11.3 Å². The zero-order chi connectivity index (χ0) is 26.3. The highest BCUT2D eigenvalue weighted by Gasteiger charge is 2.34. The van der Waals surface area contributed by atoms with E-state index in [-0.39, 0.29) is 29.1 Å². The van der Waals surface area contributed by atoms with Gasteiger partial charge in [-0.1, -0.05) is 12.1 Å². The summed E-state index contributed by atoms with van der Waals surface area (Å²) in [7, 11) is -3.94. The molecule has 9 nitrogen and oxygen atoms in total. The minimum absolute atomic E-state index is 0.00959. The van der Waals surface area contributed by atoms with E-state index in [4.69, 9.17) is 0 Å². The van der Waals surface area contributed by atoms with E-state index in [1.807, 2.05) is 0 Å². The number of nitrogens with zero attached hydrogens (tertiary/aromatic N) is 2. The molecule has 0 radical (unpaired) electrons. The molecule has 2 N–H and O–H groups in total. The molecule has 3 amide bonds. The van der Waals surface area contributed by atoms with Crippen LogP contribution < -0.4 is 10.6 Å². The first-order valence-electron chi connectivity index (χ1n) is 11.9. The summed E-state index contributed by atoms with van der Waals surface area (Å²) in [5.41, 5.74) is 1.64. The molecule has 12 heteroatoms. The van der Waals surface area contributed by atoms with Gasteiger partial charge < -0.3 is 15.5 Å². The van der Waals surface area contributed by atoms with Gasteiger partial charge in [-0.3, -0.25) is 14.4 Å². The molecule has 194 valence electrons. The average Bonchev–Trinajstić information content (AvgIpc) is 3.52. The molecule has 3 aromatic rings. The van der Waals surface area contributed by atoms with Crippen LogP contribution in [-0.2, 0) is 19.4 Å². The average molecular weight is 545 g/mol. The first kappa shape index (κ1) is 25.3. The summed E-state index contributed by atoms with van der Waals surface area (Å²) in [6, 6.07) is 9.47. The number of thiazole rings is 1. The van der Waals surface area contributed by atoms with Gasteiger partial charge in [-0.2, -0.15) is 0 Å². The standard InChI is InChI=1S/C25H25FN4O5S2/c1-37(34,35)22(23(32)27-13-21(31)28-16-7-8-16)24-29-19-11-17(18(26)12-20(19)36-24)14-3-5-15(6-4-14)25(33)30-9-2-10-30/h3-6,11-12,16,22H,2,7-10,13H2,1H3,(H,27,32)(H,28,31). The van der Waals surface area contributed by atoms with Crippen LogP contribution in [0, 0.1) is 5.82 Å². The summed E-state index contributed by atoms with van der Waals surface area (Å²) >= 11 is 0.910. The smallest absolute Gasteiger partial charge is 0.253 e. The summed E-state index contributed by atoms with van der Waals surface area (Å²) in [4.78, 5) is 43.2. The van der Waals surface area contributed by atoms with Crippen LogP contribution in [0.2, 0.25) is 0 Å². The first-order chi connectivity index (χ1) is 17.6. The van der Waals surface area contributed by atoms with E-state index < -0.39 is 32.7 Å². The number of fused-ring (bicyclic) bond motifs is 1. The van der Waals surface area contributed by atoms with Gasteiger partial charge in [-0.05, 0) is 49.1 Å². The molecule has 1 aliphatic carbocycles. The zero-order valence-corrected chi connectivity index (χ0v) is 21.6. The maximum Gasteiger partial charge on any atom is 0.253 e. The molecule has 5 rings (SSSR count). The summed E-state index contributed by atoms with van der Waals surface area (Å²) < 4.78 is 40.4. The second-order valence-electron chi connectivity index (χ2n) is 9.34. The van der Waals surface area contributed by atoms with E-state index in [0.717, 1.165) is 49.9 Å². The van der Waals surface area contributed by atoms with Gasteiger partial charge >= 0.3 is 0 Å². The van der Waals surface area contributed by atoms with Crippen molar-refractivity contribution in [3.05, 3.63) is 52.8 Å². The Labute approximate surface area is 217 Å².